The van der Waals surface area contributed by atoms with Crippen molar-refractivity contribution in [3.63, 3.8) is 0 Å². The Morgan fingerprint density at radius 2 is 1.47 bits per heavy atom. The minimum Gasteiger partial charge on any atom is -0.299 e. The molecule has 1 fully saturated rings. The van der Waals surface area contributed by atoms with E-state index in [1.807, 2.05) is 36.4 Å². The Hall–Kier alpha value is -2.99. The fourth-order valence-electron chi connectivity index (χ4n) is 4.03. The maximum Gasteiger partial charge on any atom is 0.433 e. The predicted octanol–water partition coefficient (Wildman–Crippen LogP) is 5.85. The Kier molecular flexibility index (Phi) is 7.00. The molecular formula is C26H26F3N3. The maximum absolute atomic E-state index is 12.7. The molecule has 0 radical (unpaired) electrons. The monoisotopic (exact) mass is 437 g/mol. The zero-order valence-electron chi connectivity index (χ0n) is 17.8. The van der Waals surface area contributed by atoms with Crippen molar-refractivity contribution >= 4 is 5.71 Å². The molecule has 3 nitrogen and oxygen atoms in total. The van der Waals surface area contributed by atoms with Gasteiger partial charge in [0.2, 0.25) is 0 Å². The summed E-state index contributed by atoms with van der Waals surface area (Å²) < 4.78 is 38.1. The summed E-state index contributed by atoms with van der Waals surface area (Å²) in [5.74, 6) is 0.499. The van der Waals surface area contributed by atoms with Gasteiger partial charge in [0.15, 0.2) is 0 Å². The molecule has 166 valence electrons. The number of aromatic nitrogens is 1. The van der Waals surface area contributed by atoms with E-state index in [2.05, 4.69) is 34.1 Å². The van der Waals surface area contributed by atoms with E-state index in [1.165, 1.54) is 12.3 Å². The summed E-state index contributed by atoms with van der Waals surface area (Å²) in [6.45, 7) is 3.22. The highest BCUT2D eigenvalue weighted by atomic mass is 19.4. The summed E-state index contributed by atoms with van der Waals surface area (Å²) in [5, 5.41) is 0. The van der Waals surface area contributed by atoms with Crippen molar-refractivity contribution in [2.75, 3.05) is 19.6 Å². The van der Waals surface area contributed by atoms with Gasteiger partial charge in [0.05, 0.1) is 5.71 Å². The van der Waals surface area contributed by atoms with Gasteiger partial charge in [-0.05, 0) is 43.5 Å². The van der Waals surface area contributed by atoms with Crippen molar-refractivity contribution in [3.8, 4) is 0 Å². The smallest absolute Gasteiger partial charge is 0.299 e. The molecular weight excluding hydrogens is 411 g/mol. The summed E-state index contributed by atoms with van der Waals surface area (Å²) >= 11 is 0. The second-order valence-corrected chi connectivity index (χ2v) is 8.19. The highest BCUT2D eigenvalue weighted by Crippen LogP contribution is 2.27. The fraction of sp³-hybridized carbons (Fsp3) is 0.308. The maximum atomic E-state index is 12.7. The number of hydrogen-bond acceptors (Lipinski definition) is 3. The van der Waals surface area contributed by atoms with E-state index in [4.69, 9.17) is 4.99 Å². The van der Waals surface area contributed by atoms with Crippen LogP contribution in [0.15, 0.2) is 84.0 Å². The molecule has 2 aromatic carbocycles. The quantitative estimate of drug-likeness (QED) is 0.453. The van der Waals surface area contributed by atoms with Crippen molar-refractivity contribution in [3.05, 3.63) is 101 Å². The van der Waals surface area contributed by atoms with E-state index in [0.29, 0.717) is 12.5 Å². The van der Waals surface area contributed by atoms with Crippen molar-refractivity contribution in [2.24, 2.45) is 10.9 Å². The van der Waals surface area contributed by atoms with E-state index in [0.717, 1.165) is 60.9 Å². The van der Waals surface area contributed by atoms with E-state index >= 15 is 0 Å². The van der Waals surface area contributed by atoms with Gasteiger partial charge in [0, 0.05) is 30.4 Å². The predicted molar refractivity (Wildman–Crippen MR) is 121 cm³/mol. The third-order valence-corrected chi connectivity index (χ3v) is 5.83. The molecule has 4 rings (SSSR count). The van der Waals surface area contributed by atoms with Gasteiger partial charge < -0.3 is 0 Å². The van der Waals surface area contributed by atoms with E-state index in [9.17, 15) is 13.2 Å². The summed E-state index contributed by atoms with van der Waals surface area (Å²) in [4.78, 5) is 10.9. The number of halogens is 3. The molecule has 0 unspecified atom stereocenters. The lowest BCUT2D eigenvalue weighted by Gasteiger charge is -2.31. The second-order valence-electron chi connectivity index (χ2n) is 8.19. The van der Waals surface area contributed by atoms with Crippen LogP contribution in [0.25, 0.3) is 0 Å². The number of aliphatic imine (C=N–C) groups is 1. The third-order valence-electron chi connectivity index (χ3n) is 5.83. The van der Waals surface area contributed by atoms with Crippen LogP contribution in [0, 0.1) is 5.92 Å². The first-order valence-corrected chi connectivity index (χ1v) is 10.9. The van der Waals surface area contributed by atoms with Crippen LogP contribution in [0.3, 0.4) is 0 Å². The highest BCUT2D eigenvalue weighted by molar-refractivity contribution is 6.12. The van der Waals surface area contributed by atoms with Crippen LogP contribution in [-0.2, 0) is 12.7 Å². The average Bonchev–Trinajstić information content (AvgIpc) is 2.81. The van der Waals surface area contributed by atoms with Crippen molar-refractivity contribution in [1.82, 2.24) is 9.88 Å². The lowest BCUT2D eigenvalue weighted by atomic mass is 9.96. The number of likely N-dealkylation sites (tertiary alicyclic amines) is 1. The van der Waals surface area contributed by atoms with Crippen LogP contribution < -0.4 is 0 Å². The Balaban J connectivity index is 1.35. The minimum absolute atomic E-state index is 0.499. The molecule has 0 amide bonds. The number of nitrogens with zero attached hydrogens (tertiary/aromatic N) is 3. The SMILES string of the molecule is FC(F)(F)c1ccc(CN2CCC(CN=C(c3ccccc3)c3ccccc3)CC2)cn1. The third kappa shape index (κ3) is 5.82. The highest BCUT2D eigenvalue weighted by Gasteiger charge is 2.32. The topological polar surface area (TPSA) is 28.5 Å². The number of hydrogen-bond donors (Lipinski definition) is 0. The lowest BCUT2D eigenvalue weighted by molar-refractivity contribution is -0.141. The molecule has 32 heavy (non-hydrogen) atoms. The molecule has 1 aliphatic rings. The van der Waals surface area contributed by atoms with Crippen molar-refractivity contribution in [2.45, 2.75) is 25.6 Å². The Morgan fingerprint density at radius 1 is 0.875 bits per heavy atom. The normalized spacial score (nSPS) is 15.5. The molecule has 0 saturated carbocycles. The molecule has 1 aliphatic heterocycles. The zero-order chi connectivity index (χ0) is 22.4. The standard InChI is InChI=1S/C26H26F3N3/c27-26(28,29)24-12-11-21(18-30-24)19-32-15-13-20(14-16-32)17-31-25(22-7-3-1-4-8-22)23-9-5-2-6-10-23/h1-12,18,20H,13-17,19H2. The van der Waals surface area contributed by atoms with Crippen LogP contribution in [0.1, 0.15) is 35.2 Å². The molecule has 0 atom stereocenters. The molecule has 1 saturated heterocycles. The lowest BCUT2D eigenvalue weighted by Crippen LogP contribution is -2.34. The molecule has 6 heteroatoms. The van der Waals surface area contributed by atoms with Gasteiger partial charge in [-0.3, -0.25) is 14.9 Å². The van der Waals surface area contributed by atoms with Gasteiger partial charge in [-0.15, -0.1) is 0 Å². The summed E-state index contributed by atoms with van der Waals surface area (Å²) in [6.07, 6.45) is -1.01. The van der Waals surface area contributed by atoms with Crippen LogP contribution >= 0.6 is 0 Å². The Morgan fingerprint density at radius 3 is 1.97 bits per heavy atom. The Bertz CT molecular complexity index is 966. The summed E-state index contributed by atoms with van der Waals surface area (Å²) in [5.41, 5.74) is 3.22. The number of benzene rings is 2. The zero-order valence-corrected chi connectivity index (χ0v) is 17.8. The van der Waals surface area contributed by atoms with Crippen molar-refractivity contribution in [1.29, 1.82) is 0 Å². The first-order chi connectivity index (χ1) is 15.5. The molecule has 3 aromatic rings. The fourth-order valence-corrected chi connectivity index (χ4v) is 4.03. The van der Waals surface area contributed by atoms with E-state index in [1.54, 1.807) is 0 Å². The van der Waals surface area contributed by atoms with Gasteiger partial charge in [-0.2, -0.15) is 13.2 Å². The van der Waals surface area contributed by atoms with Crippen molar-refractivity contribution < 1.29 is 13.2 Å². The largest absolute Gasteiger partial charge is 0.433 e. The van der Waals surface area contributed by atoms with E-state index in [-0.39, 0.29) is 0 Å². The van der Waals surface area contributed by atoms with Crippen LogP contribution in [0.4, 0.5) is 13.2 Å². The average molecular weight is 438 g/mol. The first-order valence-electron chi connectivity index (χ1n) is 10.9. The molecule has 1 aromatic heterocycles. The van der Waals surface area contributed by atoms with Gasteiger partial charge in [0.1, 0.15) is 5.69 Å². The Labute approximate surface area is 186 Å². The minimum atomic E-state index is -4.39. The number of pyridine rings is 1. The van der Waals surface area contributed by atoms with Gasteiger partial charge in [0.25, 0.3) is 0 Å². The van der Waals surface area contributed by atoms with E-state index < -0.39 is 11.9 Å². The molecule has 0 aliphatic carbocycles. The van der Waals surface area contributed by atoms with Crippen LogP contribution in [0.2, 0.25) is 0 Å². The van der Waals surface area contributed by atoms with Crippen LogP contribution in [-0.4, -0.2) is 35.2 Å². The summed E-state index contributed by atoms with van der Waals surface area (Å²) in [6, 6.07) is 23.1. The summed E-state index contributed by atoms with van der Waals surface area (Å²) in [7, 11) is 0. The van der Waals surface area contributed by atoms with Gasteiger partial charge in [-0.25, -0.2) is 0 Å². The number of alkyl halides is 3. The van der Waals surface area contributed by atoms with Gasteiger partial charge in [-0.1, -0.05) is 66.7 Å². The molecule has 2 heterocycles. The number of rotatable bonds is 6. The first kappa shape index (κ1) is 22.2. The second kappa shape index (κ2) is 10.1. The molecule has 0 bridgehead atoms. The molecule has 0 spiro atoms. The molecule has 0 N–H and O–H groups in total. The van der Waals surface area contributed by atoms with Crippen LogP contribution in [0.5, 0.6) is 0 Å². The van der Waals surface area contributed by atoms with Gasteiger partial charge >= 0.3 is 6.18 Å². The number of piperidine rings is 1.